The molecule has 7 N–H and O–H groups in total. The molecular weight excluding hydrogens is 652 g/mol. The van der Waals surface area contributed by atoms with Crippen molar-refractivity contribution < 1.29 is 50.5 Å². The third-order valence-corrected chi connectivity index (χ3v) is 9.76. The van der Waals surface area contributed by atoms with Gasteiger partial charge in [-0.3, -0.25) is 32.4 Å². The lowest BCUT2D eigenvalue weighted by Gasteiger charge is -2.28. The van der Waals surface area contributed by atoms with Crippen LogP contribution in [0.4, 0.5) is 20.5 Å². The zero-order chi connectivity index (χ0) is 31.8. The number of phosphoric acid groups is 2. The van der Waals surface area contributed by atoms with Gasteiger partial charge in [-0.15, -0.1) is 0 Å². The Morgan fingerprint density at radius 1 is 0.911 bits per heavy atom. The van der Waals surface area contributed by atoms with E-state index >= 15 is 8.78 Å². The molecule has 1 aliphatic carbocycles. The number of nitrogens with zero attached hydrogens (tertiary/aromatic N) is 7. The van der Waals surface area contributed by atoms with Gasteiger partial charge in [-0.2, -0.15) is 4.98 Å². The number of nitrogen functional groups attached to an aromatic ring is 2. The summed E-state index contributed by atoms with van der Waals surface area (Å²) in [5.41, 5.74) is 10.7. The topological polar surface area (TPSA) is 280 Å². The lowest BCUT2D eigenvalue weighted by Crippen LogP contribution is -2.35. The molecule has 0 spiro atoms. The number of fused-ring (bicyclic) bond motifs is 4. The van der Waals surface area contributed by atoms with Crippen LogP contribution in [-0.2, 0) is 32.0 Å². The molecule has 0 radical (unpaired) electrons. The quantitative estimate of drug-likeness (QED) is 0.178. The molecule has 6 heterocycles. The number of ether oxygens (including phenoxy) is 1. The van der Waals surface area contributed by atoms with E-state index in [1.807, 2.05) is 0 Å². The molecule has 20 nitrogen and oxygen atoms in total. The van der Waals surface area contributed by atoms with Gasteiger partial charge in [0.15, 0.2) is 35.0 Å². The van der Waals surface area contributed by atoms with Crippen molar-refractivity contribution in [2.75, 3.05) is 24.7 Å². The number of hydrogen-bond donors (Lipinski definition) is 5. The molecule has 4 aromatic heterocycles. The summed E-state index contributed by atoms with van der Waals surface area (Å²) < 4.78 is 86.5. The van der Waals surface area contributed by atoms with Crippen LogP contribution < -0.4 is 17.0 Å². The third-order valence-electron chi connectivity index (χ3n) is 7.79. The normalized spacial score (nSPS) is 37.7. The van der Waals surface area contributed by atoms with Crippen molar-refractivity contribution in [1.82, 2.24) is 39.0 Å². The lowest BCUT2D eigenvalue weighted by molar-refractivity contribution is -0.0551. The minimum atomic E-state index is -5.10. The van der Waals surface area contributed by atoms with Crippen LogP contribution in [0.1, 0.15) is 18.7 Å². The van der Waals surface area contributed by atoms with Crippen molar-refractivity contribution in [3.8, 4) is 0 Å². The molecule has 0 bridgehead atoms. The molecule has 6 unspecified atom stereocenters. The average Bonchev–Trinajstić information content (AvgIpc) is 3.72. The molecular formula is C21H24F2N10O10P2. The van der Waals surface area contributed by atoms with Gasteiger partial charge in [0.05, 0.1) is 31.9 Å². The smallest absolute Gasteiger partial charge is 0.382 e. The number of anilines is 2. The van der Waals surface area contributed by atoms with Crippen LogP contribution in [0.15, 0.2) is 23.8 Å². The fourth-order valence-corrected chi connectivity index (χ4v) is 7.77. The molecule has 45 heavy (non-hydrogen) atoms. The number of rotatable bonds is 2. The maximum atomic E-state index is 16.0. The molecule has 2 saturated heterocycles. The Morgan fingerprint density at radius 2 is 1.60 bits per heavy atom. The predicted octanol–water partition coefficient (Wildman–Crippen LogP) is 0.276. The summed E-state index contributed by atoms with van der Waals surface area (Å²) in [6.07, 6.45) is -7.85. The van der Waals surface area contributed by atoms with E-state index in [-0.39, 0.29) is 40.5 Å². The Labute approximate surface area is 248 Å². The van der Waals surface area contributed by atoms with Crippen LogP contribution >= 0.6 is 15.6 Å². The standard InChI is InChI=1S/C21H24F2N10O10P2/c22-10-8(32-5-28-12-16(24)26-4-27-17(12)32)1-7-2-39-44(35,36)43-15-9(3-40-45(37,38)42-14(7)10)41-20(11(15)23)33-6-29-13-18(33)30-21(25)31-19(13)34/h4-11,14-15,20H,1-3H2,(H,35,36)(H,37,38)(H2,24,26,27)(H3,25,30,31,34)/t7?,8?,9?,10-,11+,14+,15+,20?/m0/s1. The van der Waals surface area contributed by atoms with Gasteiger partial charge in [0.2, 0.25) is 5.95 Å². The number of alkyl halides is 2. The third kappa shape index (κ3) is 5.30. The van der Waals surface area contributed by atoms with Gasteiger partial charge in [0.1, 0.15) is 36.3 Å². The summed E-state index contributed by atoms with van der Waals surface area (Å²) in [5.74, 6) is -1.37. The maximum Gasteiger partial charge on any atom is 0.472 e. The second-order valence-electron chi connectivity index (χ2n) is 10.5. The van der Waals surface area contributed by atoms with Gasteiger partial charge in [-0.25, -0.2) is 37.8 Å². The highest BCUT2D eigenvalue weighted by Gasteiger charge is 2.54. The largest absolute Gasteiger partial charge is 0.472 e. The van der Waals surface area contributed by atoms with Crippen LogP contribution in [0.3, 0.4) is 0 Å². The Hall–Kier alpha value is -3.46. The Morgan fingerprint density at radius 3 is 2.38 bits per heavy atom. The summed E-state index contributed by atoms with van der Waals surface area (Å²) >= 11 is 0. The van der Waals surface area contributed by atoms with E-state index in [0.717, 1.165) is 17.2 Å². The molecule has 3 fully saturated rings. The number of aromatic nitrogens is 8. The average molecular weight is 676 g/mol. The second kappa shape index (κ2) is 10.8. The zero-order valence-electron chi connectivity index (χ0n) is 22.6. The molecule has 0 amide bonds. The van der Waals surface area contributed by atoms with E-state index in [9.17, 15) is 23.7 Å². The van der Waals surface area contributed by atoms with Crippen molar-refractivity contribution in [1.29, 1.82) is 0 Å². The first-order chi connectivity index (χ1) is 21.3. The monoisotopic (exact) mass is 676 g/mol. The molecule has 242 valence electrons. The van der Waals surface area contributed by atoms with Gasteiger partial charge >= 0.3 is 15.6 Å². The highest BCUT2D eigenvalue weighted by atomic mass is 31.2. The fourth-order valence-electron chi connectivity index (χ4n) is 5.77. The van der Waals surface area contributed by atoms with Crippen molar-refractivity contribution in [2.24, 2.45) is 5.92 Å². The molecule has 1 saturated carbocycles. The van der Waals surface area contributed by atoms with E-state index in [0.29, 0.717) is 0 Å². The number of hydrogen-bond acceptors (Lipinski definition) is 15. The second-order valence-corrected chi connectivity index (χ2v) is 13.4. The molecule has 24 heteroatoms. The zero-order valence-corrected chi connectivity index (χ0v) is 24.4. The van der Waals surface area contributed by atoms with Crippen LogP contribution in [0, 0.1) is 5.92 Å². The summed E-state index contributed by atoms with van der Waals surface area (Å²) in [4.78, 5) is 55.4. The number of nitrogens with one attached hydrogen (secondary N) is 1. The van der Waals surface area contributed by atoms with Gasteiger partial charge in [-0.1, -0.05) is 0 Å². The van der Waals surface area contributed by atoms with Crippen LogP contribution in [0.25, 0.3) is 22.3 Å². The van der Waals surface area contributed by atoms with Gasteiger partial charge in [0, 0.05) is 5.92 Å². The summed E-state index contributed by atoms with van der Waals surface area (Å²) in [6, 6.07) is -1.09. The molecule has 10 atom stereocenters. The summed E-state index contributed by atoms with van der Waals surface area (Å²) in [5, 5.41) is 0. The first kappa shape index (κ1) is 30.2. The minimum absolute atomic E-state index is 0.0429. The van der Waals surface area contributed by atoms with E-state index < -0.39 is 83.3 Å². The minimum Gasteiger partial charge on any atom is -0.382 e. The molecule has 4 aromatic rings. The lowest BCUT2D eigenvalue weighted by atomic mass is 10.1. The number of halogens is 2. The van der Waals surface area contributed by atoms with Crippen molar-refractivity contribution >= 4 is 49.7 Å². The Kier molecular flexibility index (Phi) is 7.26. The van der Waals surface area contributed by atoms with E-state index in [1.165, 1.54) is 10.9 Å². The number of phosphoric ester groups is 2. The van der Waals surface area contributed by atoms with E-state index in [1.54, 1.807) is 0 Å². The first-order valence-corrected chi connectivity index (χ1v) is 16.2. The number of aromatic amines is 1. The van der Waals surface area contributed by atoms with Crippen molar-refractivity contribution in [2.45, 2.75) is 49.3 Å². The van der Waals surface area contributed by atoms with E-state index in [2.05, 4.69) is 29.9 Å². The maximum absolute atomic E-state index is 16.0. The van der Waals surface area contributed by atoms with Gasteiger partial charge in [0.25, 0.3) is 5.56 Å². The molecule has 2 aliphatic heterocycles. The van der Waals surface area contributed by atoms with Crippen molar-refractivity contribution in [3.63, 3.8) is 0 Å². The Balaban J connectivity index is 1.17. The van der Waals surface area contributed by atoms with Gasteiger partial charge < -0.3 is 30.6 Å². The highest BCUT2D eigenvalue weighted by molar-refractivity contribution is 7.47. The van der Waals surface area contributed by atoms with Crippen LogP contribution in [-0.4, -0.2) is 92.7 Å². The highest BCUT2D eigenvalue weighted by Crippen LogP contribution is 2.55. The Bertz CT molecular complexity index is 1940. The van der Waals surface area contributed by atoms with Crippen LogP contribution in [0.5, 0.6) is 0 Å². The SMILES string of the molecule is Nc1nc2c(ncn2C2OC3COP(=O)(O)O[C@@H]4C(COP(=O)(O)O[C@H]3[C@H]2F)CC(n2cnc3c(N)ncnc32)[C@@H]4F)c(=O)[nH]1. The summed E-state index contributed by atoms with van der Waals surface area (Å²) in [6.45, 7) is -1.63. The van der Waals surface area contributed by atoms with Crippen molar-refractivity contribution in [3.05, 3.63) is 29.3 Å². The summed E-state index contributed by atoms with van der Waals surface area (Å²) in [7, 11) is -10.2. The fraction of sp³-hybridized carbons (Fsp3) is 0.524. The van der Waals surface area contributed by atoms with Gasteiger partial charge in [-0.05, 0) is 6.42 Å². The number of H-pyrrole nitrogens is 1. The molecule has 7 rings (SSSR count). The van der Waals surface area contributed by atoms with Crippen LogP contribution in [0.2, 0.25) is 0 Å². The molecule has 0 aromatic carbocycles. The number of imidazole rings is 2. The molecule has 3 aliphatic rings. The van der Waals surface area contributed by atoms with E-state index in [4.69, 9.17) is 34.3 Å². The predicted molar refractivity (Wildman–Crippen MR) is 144 cm³/mol. The first-order valence-electron chi connectivity index (χ1n) is 13.2. The number of nitrogens with two attached hydrogens (primary N) is 2.